The number of benzene rings is 1. The molecule has 3 aromatic rings. The fourth-order valence-electron chi connectivity index (χ4n) is 2.10. The average molecular weight is 403 g/mol. The van der Waals surface area contributed by atoms with Gasteiger partial charge in [-0.2, -0.15) is 0 Å². The van der Waals surface area contributed by atoms with E-state index < -0.39 is 0 Å². The minimum Gasteiger partial charge on any atom is -0.493 e. The Kier molecular flexibility index (Phi) is 5.30. The van der Waals surface area contributed by atoms with Gasteiger partial charge >= 0.3 is 6.01 Å². The highest BCUT2D eigenvalue weighted by molar-refractivity contribution is 9.10. The summed E-state index contributed by atoms with van der Waals surface area (Å²) in [7, 11) is 1.59. The number of ether oxygens (including phenoxy) is 2. The van der Waals surface area contributed by atoms with Gasteiger partial charge in [0.15, 0.2) is 11.5 Å². The van der Waals surface area contributed by atoms with Crippen molar-refractivity contribution in [3.63, 3.8) is 0 Å². The van der Waals surface area contributed by atoms with E-state index >= 15 is 0 Å². The topological polar surface area (TPSA) is 96.3 Å². The van der Waals surface area contributed by atoms with E-state index in [-0.39, 0.29) is 6.01 Å². The molecule has 25 heavy (non-hydrogen) atoms. The van der Waals surface area contributed by atoms with E-state index in [4.69, 9.17) is 19.6 Å². The fourth-order valence-corrected chi connectivity index (χ4v) is 2.67. The second-order valence-corrected chi connectivity index (χ2v) is 5.85. The van der Waals surface area contributed by atoms with Gasteiger partial charge < -0.3 is 19.6 Å². The van der Waals surface area contributed by atoms with Gasteiger partial charge in [0.25, 0.3) is 0 Å². The smallest absolute Gasteiger partial charge is 0.313 e. The van der Waals surface area contributed by atoms with Crippen molar-refractivity contribution in [2.75, 3.05) is 12.8 Å². The SMILES string of the molecule is COc1cc(/C=C/c2nnc(N)o2)cc(Br)c1OCc1cccnc1. The normalized spacial score (nSPS) is 11.0. The Bertz CT molecular complexity index is 881. The molecule has 0 saturated heterocycles. The fraction of sp³-hybridized carbons (Fsp3) is 0.118. The number of nitrogen functional groups attached to an aromatic ring is 1. The van der Waals surface area contributed by atoms with E-state index in [1.54, 1.807) is 25.6 Å². The van der Waals surface area contributed by atoms with Crippen LogP contribution in [0, 0.1) is 0 Å². The summed E-state index contributed by atoms with van der Waals surface area (Å²) >= 11 is 3.52. The molecule has 1 aromatic carbocycles. The number of pyridine rings is 1. The van der Waals surface area contributed by atoms with Crippen molar-refractivity contribution in [1.82, 2.24) is 15.2 Å². The lowest BCUT2D eigenvalue weighted by molar-refractivity contribution is 0.282. The monoisotopic (exact) mass is 402 g/mol. The first-order valence-corrected chi connectivity index (χ1v) is 8.11. The maximum atomic E-state index is 5.87. The standard InChI is InChI=1S/C17H15BrN4O3/c1-23-14-8-11(4-5-15-21-22-17(19)25-15)7-13(18)16(14)24-10-12-3-2-6-20-9-12/h2-9H,10H2,1H3,(H2,19,22)/b5-4+. The number of nitrogens with two attached hydrogens (primary N) is 1. The Hall–Kier alpha value is -2.87. The van der Waals surface area contributed by atoms with Crippen molar-refractivity contribution in [3.8, 4) is 11.5 Å². The van der Waals surface area contributed by atoms with Crippen molar-refractivity contribution in [3.05, 3.63) is 58.1 Å². The third kappa shape index (κ3) is 4.36. The Morgan fingerprint density at radius 1 is 1.28 bits per heavy atom. The number of hydrogen-bond acceptors (Lipinski definition) is 7. The maximum Gasteiger partial charge on any atom is 0.313 e. The summed E-state index contributed by atoms with van der Waals surface area (Å²) in [6, 6.07) is 7.58. The molecule has 2 aromatic heterocycles. The molecule has 0 saturated carbocycles. The molecule has 7 nitrogen and oxygen atoms in total. The molecule has 2 heterocycles. The Morgan fingerprint density at radius 2 is 2.16 bits per heavy atom. The maximum absolute atomic E-state index is 5.87. The van der Waals surface area contributed by atoms with Crippen LogP contribution in [0.4, 0.5) is 6.01 Å². The third-order valence-corrected chi connectivity index (χ3v) is 3.82. The van der Waals surface area contributed by atoms with E-state index in [0.717, 1.165) is 15.6 Å². The Balaban J connectivity index is 1.79. The molecule has 0 bridgehead atoms. The summed E-state index contributed by atoms with van der Waals surface area (Å²) in [4.78, 5) is 4.07. The number of hydrogen-bond donors (Lipinski definition) is 1. The largest absolute Gasteiger partial charge is 0.493 e. The molecule has 0 atom stereocenters. The molecule has 0 aliphatic heterocycles. The third-order valence-electron chi connectivity index (χ3n) is 3.23. The number of nitrogens with zero attached hydrogens (tertiary/aromatic N) is 3. The predicted octanol–water partition coefficient (Wildman–Crippen LogP) is 3.57. The highest BCUT2D eigenvalue weighted by Gasteiger charge is 2.11. The van der Waals surface area contributed by atoms with E-state index in [1.807, 2.05) is 30.3 Å². The van der Waals surface area contributed by atoms with Crippen LogP contribution in [0.1, 0.15) is 17.0 Å². The zero-order chi connectivity index (χ0) is 17.6. The molecule has 0 aliphatic rings. The molecule has 0 fully saturated rings. The zero-order valence-electron chi connectivity index (χ0n) is 13.3. The number of anilines is 1. The van der Waals surface area contributed by atoms with E-state index in [0.29, 0.717) is 24.0 Å². The first-order chi connectivity index (χ1) is 12.2. The van der Waals surface area contributed by atoms with Gasteiger partial charge in [-0.15, -0.1) is 5.10 Å². The summed E-state index contributed by atoms with van der Waals surface area (Å²) in [5.74, 6) is 1.54. The van der Waals surface area contributed by atoms with Crippen LogP contribution < -0.4 is 15.2 Å². The minimum absolute atomic E-state index is 0.0255. The van der Waals surface area contributed by atoms with Crippen molar-refractivity contribution >= 4 is 34.1 Å². The molecule has 0 spiro atoms. The second kappa shape index (κ2) is 7.80. The van der Waals surface area contributed by atoms with Gasteiger partial charge in [0.2, 0.25) is 5.89 Å². The van der Waals surface area contributed by atoms with Crippen molar-refractivity contribution in [2.45, 2.75) is 6.61 Å². The summed E-state index contributed by atoms with van der Waals surface area (Å²) in [5.41, 5.74) is 7.23. The van der Waals surface area contributed by atoms with Crippen LogP contribution in [0.2, 0.25) is 0 Å². The van der Waals surface area contributed by atoms with Crippen molar-refractivity contribution < 1.29 is 13.9 Å². The van der Waals surface area contributed by atoms with Crippen LogP contribution in [-0.2, 0) is 6.61 Å². The zero-order valence-corrected chi connectivity index (χ0v) is 14.9. The van der Waals surface area contributed by atoms with Crippen molar-refractivity contribution in [2.24, 2.45) is 0 Å². The first-order valence-electron chi connectivity index (χ1n) is 7.32. The Morgan fingerprint density at radius 3 is 2.84 bits per heavy atom. The number of halogens is 1. The highest BCUT2D eigenvalue weighted by atomic mass is 79.9. The van der Waals surface area contributed by atoms with Crippen molar-refractivity contribution in [1.29, 1.82) is 0 Å². The van der Waals surface area contributed by atoms with Gasteiger partial charge in [0, 0.05) is 24.0 Å². The average Bonchev–Trinajstić information content (AvgIpc) is 3.05. The highest BCUT2D eigenvalue weighted by Crippen LogP contribution is 2.37. The van der Waals surface area contributed by atoms with E-state index in [9.17, 15) is 0 Å². The van der Waals surface area contributed by atoms with E-state index in [2.05, 4.69) is 31.1 Å². The van der Waals surface area contributed by atoms with Gasteiger partial charge in [-0.05, 0) is 45.8 Å². The first kappa shape index (κ1) is 17.0. The second-order valence-electron chi connectivity index (χ2n) is 5.00. The lowest BCUT2D eigenvalue weighted by Crippen LogP contribution is -1.99. The molecule has 3 rings (SSSR count). The van der Waals surface area contributed by atoms with Gasteiger partial charge in [0.05, 0.1) is 11.6 Å². The van der Waals surface area contributed by atoms with Gasteiger partial charge in [-0.1, -0.05) is 11.2 Å². The van der Waals surface area contributed by atoms with Crippen LogP contribution in [0.25, 0.3) is 12.2 Å². The molecule has 0 unspecified atom stereocenters. The minimum atomic E-state index is 0.0255. The summed E-state index contributed by atoms with van der Waals surface area (Å²) in [6.07, 6.45) is 6.96. The van der Waals surface area contributed by atoms with Gasteiger partial charge in [-0.3, -0.25) is 4.98 Å². The van der Waals surface area contributed by atoms with Crippen LogP contribution in [-0.4, -0.2) is 22.3 Å². The van der Waals surface area contributed by atoms with Crippen LogP contribution >= 0.6 is 15.9 Å². The van der Waals surface area contributed by atoms with Gasteiger partial charge in [-0.25, -0.2) is 0 Å². The van der Waals surface area contributed by atoms with Crippen LogP contribution in [0.3, 0.4) is 0 Å². The number of rotatable bonds is 6. The predicted molar refractivity (Wildman–Crippen MR) is 96.9 cm³/mol. The summed E-state index contributed by atoms with van der Waals surface area (Å²) in [6.45, 7) is 0.388. The summed E-state index contributed by atoms with van der Waals surface area (Å²) < 4.78 is 17.2. The van der Waals surface area contributed by atoms with Crippen LogP contribution in [0.15, 0.2) is 45.5 Å². The molecule has 0 radical (unpaired) electrons. The molecule has 2 N–H and O–H groups in total. The molecule has 0 amide bonds. The Labute approximate surface area is 152 Å². The van der Waals surface area contributed by atoms with E-state index in [1.165, 1.54) is 0 Å². The lowest BCUT2D eigenvalue weighted by Gasteiger charge is -2.13. The molecular formula is C17H15BrN4O3. The number of methoxy groups -OCH3 is 1. The molecule has 0 aliphatic carbocycles. The summed E-state index contributed by atoms with van der Waals surface area (Å²) in [5, 5.41) is 7.37. The quantitative estimate of drug-likeness (QED) is 0.672. The molecule has 8 heteroatoms. The lowest BCUT2D eigenvalue weighted by atomic mass is 10.2. The molecular weight excluding hydrogens is 388 g/mol. The number of aromatic nitrogens is 3. The van der Waals surface area contributed by atoms with Crippen LogP contribution in [0.5, 0.6) is 11.5 Å². The molecule has 128 valence electrons. The van der Waals surface area contributed by atoms with Gasteiger partial charge in [0.1, 0.15) is 6.61 Å².